The Morgan fingerprint density at radius 3 is 2.38 bits per heavy atom. The molecule has 1 amide bonds. The maximum atomic E-state index is 12.2. The summed E-state index contributed by atoms with van der Waals surface area (Å²) in [6, 6.07) is 2.89. The third-order valence-corrected chi connectivity index (χ3v) is 2.86. The van der Waals surface area contributed by atoms with Gasteiger partial charge in [0.2, 0.25) is 0 Å². The van der Waals surface area contributed by atoms with Crippen molar-refractivity contribution in [2.75, 3.05) is 12.4 Å². The van der Waals surface area contributed by atoms with Crippen LogP contribution >= 0.6 is 0 Å². The van der Waals surface area contributed by atoms with Gasteiger partial charge < -0.3 is 10.1 Å². The summed E-state index contributed by atoms with van der Waals surface area (Å²) in [6.45, 7) is 3.47. The molecule has 2 aromatic rings. The van der Waals surface area contributed by atoms with E-state index in [9.17, 15) is 9.59 Å². The van der Waals surface area contributed by atoms with Crippen LogP contribution in [0.4, 0.5) is 5.69 Å². The van der Waals surface area contributed by atoms with Crippen LogP contribution in [0.25, 0.3) is 0 Å². The highest BCUT2D eigenvalue weighted by molar-refractivity contribution is 6.03. The van der Waals surface area contributed by atoms with Crippen molar-refractivity contribution in [3.8, 4) is 6.01 Å². The number of anilines is 1. The van der Waals surface area contributed by atoms with Gasteiger partial charge in [-0.3, -0.25) is 9.59 Å². The van der Waals surface area contributed by atoms with E-state index >= 15 is 0 Å². The minimum atomic E-state index is -0.439. The van der Waals surface area contributed by atoms with Crippen molar-refractivity contribution in [1.29, 1.82) is 0 Å². The van der Waals surface area contributed by atoms with Gasteiger partial charge in [-0.2, -0.15) is 15.1 Å². The van der Waals surface area contributed by atoms with E-state index in [1.165, 1.54) is 26.3 Å². The molecule has 2 aromatic heterocycles. The first-order valence-electron chi connectivity index (χ1n) is 6.17. The highest BCUT2D eigenvalue weighted by Crippen LogP contribution is 2.19. The molecule has 0 bridgehead atoms. The molecular formula is C13H15N5O3. The van der Waals surface area contributed by atoms with Crippen molar-refractivity contribution in [3.63, 3.8) is 0 Å². The number of rotatable bonds is 3. The summed E-state index contributed by atoms with van der Waals surface area (Å²) in [6.07, 6.45) is 0. The van der Waals surface area contributed by atoms with E-state index in [1.807, 2.05) is 0 Å². The van der Waals surface area contributed by atoms with Crippen LogP contribution in [-0.4, -0.2) is 32.8 Å². The number of hydrogen-bond acceptors (Lipinski definition) is 6. The molecule has 1 N–H and O–H groups in total. The van der Waals surface area contributed by atoms with Gasteiger partial charge >= 0.3 is 6.01 Å². The van der Waals surface area contributed by atoms with E-state index in [2.05, 4.69) is 20.4 Å². The SMILES string of the molecule is COc1nc(C)c(NC(=O)c2ccc(=O)n(C)n2)c(C)n1. The van der Waals surface area contributed by atoms with Crippen LogP contribution in [-0.2, 0) is 7.05 Å². The molecule has 2 heterocycles. The first-order valence-corrected chi connectivity index (χ1v) is 6.17. The van der Waals surface area contributed by atoms with Crippen LogP contribution < -0.4 is 15.6 Å². The Morgan fingerprint density at radius 2 is 1.86 bits per heavy atom. The minimum absolute atomic E-state index is 0.131. The number of nitrogens with zero attached hydrogens (tertiary/aromatic N) is 4. The lowest BCUT2D eigenvalue weighted by molar-refractivity contribution is 0.101. The third kappa shape index (κ3) is 3.04. The zero-order valence-electron chi connectivity index (χ0n) is 12.2. The van der Waals surface area contributed by atoms with Gasteiger partial charge in [-0.1, -0.05) is 0 Å². The number of amides is 1. The number of aromatic nitrogens is 4. The summed E-state index contributed by atoms with van der Waals surface area (Å²) in [5.41, 5.74) is 1.50. The molecular weight excluding hydrogens is 274 g/mol. The molecule has 0 aromatic carbocycles. The molecule has 110 valence electrons. The highest BCUT2D eigenvalue weighted by atomic mass is 16.5. The number of aryl methyl sites for hydroxylation is 3. The average Bonchev–Trinajstić information content (AvgIpc) is 2.45. The molecule has 0 saturated heterocycles. The van der Waals surface area contributed by atoms with E-state index in [1.54, 1.807) is 13.8 Å². The lowest BCUT2D eigenvalue weighted by atomic mass is 10.2. The van der Waals surface area contributed by atoms with Gasteiger partial charge in [0.25, 0.3) is 11.5 Å². The quantitative estimate of drug-likeness (QED) is 0.880. The predicted octanol–water partition coefficient (Wildman–Crippen LogP) is 0.448. The molecule has 0 aliphatic heterocycles. The van der Waals surface area contributed by atoms with Gasteiger partial charge in [-0.25, -0.2) is 4.68 Å². The maximum absolute atomic E-state index is 12.2. The number of carbonyl (C=O) groups is 1. The number of carbonyl (C=O) groups excluding carboxylic acids is 1. The van der Waals surface area contributed by atoms with Crippen molar-refractivity contribution in [3.05, 3.63) is 39.6 Å². The van der Waals surface area contributed by atoms with E-state index < -0.39 is 5.91 Å². The normalized spacial score (nSPS) is 10.3. The van der Waals surface area contributed by atoms with Crippen LogP contribution in [0.2, 0.25) is 0 Å². The Hall–Kier alpha value is -2.77. The van der Waals surface area contributed by atoms with Crippen LogP contribution in [0.15, 0.2) is 16.9 Å². The fourth-order valence-electron chi connectivity index (χ4n) is 1.76. The van der Waals surface area contributed by atoms with Crippen molar-refractivity contribution in [1.82, 2.24) is 19.7 Å². The van der Waals surface area contributed by atoms with Gasteiger partial charge in [0.15, 0.2) is 0 Å². The lowest BCUT2D eigenvalue weighted by Gasteiger charge is -2.11. The Bertz CT molecular complexity index is 731. The molecule has 8 heteroatoms. The molecule has 0 radical (unpaired) electrons. The average molecular weight is 289 g/mol. The molecule has 0 fully saturated rings. The van der Waals surface area contributed by atoms with Crippen LogP contribution in [0, 0.1) is 13.8 Å². The first kappa shape index (κ1) is 14.6. The van der Waals surface area contributed by atoms with E-state index in [-0.39, 0.29) is 17.3 Å². The lowest BCUT2D eigenvalue weighted by Crippen LogP contribution is -2.24. The predicted molar refractivity (Wildman–Crippen MR) is 75.5 cm³/mol. The van der Waals surface area contributed by atoms with Crippen molar-refractivity contribution in [2.45, 2.75) is 13.8 Å². The topological polar surface area (TPSA) is 99.0 Å². The van der Waals surface area contributed by atoms with Crippen molar-refractivity contribution < 1.29 is 9.53 Å². The molecule has 0 saturated carbocycles. The second-order valence-electron chi connectivity index (χ2n) is 4.39. The molecule has 0 atom stereocenters. The Morgan fingerprint density at radius 1 is 1.24 bits per heavy atom. The van der Waals surface area contributed by atoms with Crippen LogP contribution in [0.5, 0.6) is 6.01 Å². The summed E-state index contributed by atoms with van der Waals surface area (Å²) in [7, 11) is 2.95. The molecule has 0 aliphatic rings. The number of nitrogens with one attached hydrogen (secondary N) is 1. The molecule has 21 heavy (non-hydrogen) atoms. The van der Waals surface area contributed by atoms with Gasteiger partial charge in [-0.05, 0) is 19.9 Å². The monoisotopic (exact) mass is 289 g/mol. The molecule has 8 nitrogen and oxygen atoms in total. The van der Waals surface area contributed by atoms with Gasteiger partial charge in [0.05, 0.1) is 24.2 Å². The molecule has 0 unspecified atom stereocenters. The number of hydrogen-bond donors (Lipinski definition) is 1. The first-order chi connectivity index (χ1) is 9.92. The van der Waals surface area contributed by atoms with Gasteiger partial charge in [-0.15, -0.1) is 0 Å². The van der Waals surface area contributed by atoms with Crippen molar-refractivity contribution >= 4 is 11.6 Å². The second kappa shape index (κ2) is 5.70. The van der Waals surface area contributed by atoms with Gasteiger partial charge in [0, 0.05) is 13.1 Å². The maximum Gasteiger partial charge on any atom is 0.316 e. The largest absolute Gasteiger partial charge is 0.467 e. The minimum Gasteiger partial charge on any atom is -0.467 e. The van der Waals surface area contributed by atoms with Crippen LogP contribution in [0.3, 0.4) is 0 Å². The summed E-state index contributed by atoms with van der Waals surface area (Å²) in [5, 5.41) is 6.58. The van der Waals surface area contributed by atoms with E-state index in [4.69, 9.17) is 4.74 Å². The zero-order valence-corrected chi connectivity index (χ0v) is 12.2. The van der Waals surface area contributed by atoms with E-state index in [0.717, 1.165) is 4.68 Å². The third-order valence-electron chi connectivity index (χ3n) is 2.86. The fraction of sp³-hybridized carbons (Fsp3) is 0.308. The number of methoxy groups -OCH3 is 1. The Labute approximate surface area is 120 Å². The summed E-state index contributed by atoms with van der Waals surface area (Å²) in [5.74, 6) is -0.439. The molecule has 2 rings (SSSR count). The van der Waals surface area contributed by atoms with Gasteiger partial charge in [0.1, 0.15) is 5.69 Å². The second-order valence-corrected chi connectivity index (χ2v) is 4.39. The standard InChI is InChI=1S/C13H15N5O3/c1-7-11(8(2)15-13(14-7)21-4)16-12(20)9-5-6-10(19)18(3)17-9/h5-6H,1-4H3,(H,16,20). The molecule has 0 aliphatic carbocycles. The molecule has 0 spiro atoms. The summed E-state index contributed by atoms with van der Waals surface area (Å²) >= 11 is 0. The van der Waals surface area contributed by atoms with Crippen molar-refractivity contribution in [2.24, 2.45) is 7.05 Å². The fourth-order valence-corrected chi connectivity index (χ4v) is 1.76. The Kier molecular flexibility index (Phi) is 3.97. The van der Waals surface area contributed by atoms with Crippen LogP contribution in [0.1, 0.15) is 21.9 Å². The number of ether oxygens (including phenoxy) is 1. The smallest absolute Gasteiger partial charge is 0.316 e. The summed E-state index contributed by atoms with van der Waals surface area (Å²) < 4.78 is 6.06. The van der Waals surface area contributed by atoms with E-state index in [0.29, 0.717) is 17.1 Å². The zero-order chi connectivity index (χ0) is 15.6. The Balaban J connectivity index is 2.31. The summed E-state index contributed by atoms with van der Waals surface area (Å²) in [4.78, 5) is 31.6. The highest BCUT2D eigenvalue weighted by Gasteiger charge is 2.14.